The van der Waals surface area contributed by atoms with Gasteiger partial charge in [-0.25, -0.2) is 0 Å². The van der Waals surface area contributed by atoms with E-state index in [2.05, 4.69) is 0 Å². The number of hydrogen-bond donors (Lipinski definition) is 0. The molecule has 0 aromatic heterocycles. The summed E-state index contributed by atoms with van der Waals surface area (Å²) in [6.07, 6.45) is 0.134. The number of esters is 2. The summed E-state index contributed by atoms with van der Waals surface area (Å²) < 4.78 is 15.8. The molecule has 2 aliphatic rings. The minimum atomic E-state index is -0.728. The Kier molecular flexibility index (Phi) is 4.56. The lowest BCUT2D eigenvalue weighted by Crippen LogP contribution is -2.39. The third-order valence-electron chi connectivity index (χ3n) is 3.52. The Morgan fingerprint density at radius 2 is 2.05 bits per heavy atom. The summed E-state index contributed by atoms with van der Waals surface area (Å²) in [6, 6.07) is 0. The largest absolute Gasteiger partial charge is 0.458 e. The highest BCUT2D eigenvalue weighted by Gasteiger charge is 2.43. The molecule has 0 radical (unpaired) electrons. The fraction of sp³-hybridized carbons (Fsp3) is 0.692. The summed E-state index contributed by atoms with van der Waals surface area (Å²) in [5.74, 6) is -1.02. The minimum absolute atomic E-state index is 0.0499. The second-order valence-corrected chi connectivity index (χ2v) is 5.16. The quantitative estimate of drug-likeness (QED) is 0.321. The molecule has 8 heteroatoms. The van der Waals surface area contributed by atoms with Gasteiger partial charge in [0.25, 0.3) is 0 Å². The van der Waals surface area contributed by atoms with Crippen LogP contribution in [0.3, 0.4) is 0 Å². The number of carbonyl (C=O) groups is 2. The molecular formula is C13H17NO7. The van der Waals surface area contributed by atoms with E-state index in [1.54, 1.807) is 6.08 Å². The molecule has 1 aliphatic carbocycles. The molecule has 0 amide bonds. The molecular weight excluding hydrogens is 282 g/mol. The molecule has 21 heavy (non-hydrogen) atoms. The summed E-state index contributed by atoms with van der Waals surface area (Å²) in [5.41, 5.74) is 0.751. The minimum Gasteiger partial charge on any atom is -0.458 e. The zero-order valence-corrected chi connectivity index (χ0v) is 11.8. The molecule has 116 valence electrons. The van der Waals surface area contributed by atoms with Crippen LogP contribution in [0.25, 0.3) is 0 Å². The van der Waals surface area contributed by atoms with Gasteiger partial charge in [0.1, 0.15) is 12.2 Å². The van der Waals surface area contributed by atoms with Gasteiger partial charge in [0.15, 0.2) is 6.10 Å². The van der Waals surface area contributed by atoms with Gasteiger partial charge in [-0.05, 0) is 18.1 Å². The maximum atomic E-state index is 11.2. The number of nitrogens with zero attached hydrogens (tertiary/aromatic N) is 1. The van der Waals surface area contributed by atoms with Crippen molar-refractivity contribution in [3.8, 4) is 0 Å². The second kappa shape index (κ2) is 6.21. The fourth-order valence-corrected chi connectivity index (χ4v) is 2.77. The van der Waals surface area contributed by atoms with Gasteiger partial charge in [-0.2, -0.15) is 0 Å². The Balaban J connectivity index is 2.19. The number of fused-ring (bicyclic) bond motifs is 1. The van der Waals surface area contributed by atoms with Gasteiger partial charge < -0.3 is 14.2 Å². The zero-order valence-electron chi connectivity index (χ0n) is 11.8. The van der Waals surface area contributed by atoms with Crippen LogP contribution in [0.1, 0.15) is 20.3 Å². The van der Waals surface area contributed by atoms with Gasteiger partial charge in [0.05, 0.1) is 6.61 Å². The van der Waals surface area contributed by atoms with E-state index in [9.17, 15) is 19.7 Å². The molecule has 1 aliphatic heterocycles. The first kappa shape index (κ1) is 15.4. The SMILES string of the molecule is CC(=O)O[C@H]1C=C2[C@@H](CO[C@@H]2C[N+](=O)[O-])C[C@H]1OC(C)=O. The van der Waals surface area contributed by atoms with Gasteiger partial charge in [-0.1, -0.05) is 0 Å². The monoisotopic (exact) mass is 299 g/mol. The van der Waals surface area contributed by atoms with E-state index >= 15 is 0 Å². The highest BCUT2D eigenvalue weighted by atomic mass is 16.6. The Morgan fingerprint density at radius 3 is 2.62 bits per heavy atom. The van der Waals surface area contributed by atoms with Gasteiger partial charge in [0, 0.05) is 24.7 Å². The van der Waals surface area contributed by atoms with Crippen LogP contribution in [-0.2, 0) is 23.8 Å². The smallest absolute Gasteiger partial charge is 0.303 e. The molecule has 0 saturated carbocycles. The Bertz CT molecular complexity index is 487. The topological polar surface area (TPSA) is 105 Å². The van der Waals surface area contributed by atoms with Gasteiger partial charge in [0.2, 0.25) is 6.54 Å². The average Bonchev–Trinajstić information content (AvgIpc) is 2.70. The number of rotatable bonds is 4. The molecule has 0 unspecified atom stereocenters. The lowest BCUT2D eigenvalue weighted by Gasteiger charge is -2.31. The number of carbonyl (C=O) groups excluding carboxylic acids is 2. The molecule has 1 fully saturated rings. The molecule has 0 N–H and O–H groups in total. The normalized spacial score (nSPS) is 31.0. The highest BCUT2D eigenvalue weighted by Crippen LogP contribution is 2.37. The summed E-state index contributed by atoms with van der Waals surface area (Å²) >= 11 is 0. The summed E-state index contributed by atoms with van der Waals surface area (Å²) in [6.45, 7) is 2.56. The third kappa shape index (κ3) is 3.78. The van der Waals surface area contributed by atoms with E-state index in [4.69, 9.17) is 14.2 Å². The molecule has 0 spiro atoms. The van der Waals surface area contributed by atoms with Crippen molar-refractivity contribution in [3.63, 3.8) is 0 Å². The highest BCUT2D eigenvalue weighted by molar-refractivity contribution is 5.67. The first-order chi connectivity index (χ1) is 9.86. The Morgan fingerprint density at radius 1 is 1.38 bits per heavy atom. The van der Waals surface area contributed by atoms with Crippen LogP contribution in [-0.4, -0.2) is 48.3 Å². The average molecular weight is 299 g/mol. The van der Waals surface area contributed by atoms with Crippen molar-refractivity contribution in [1.29, 1.82) is 0 Å². The standard InChI is InChI=1S/C13H17NO7/c1-7(15)20-11-3-9-6-19-13(5-14(17)18)10(9)4-12(11)21-8(2)16/h4,9,11-13H,3,5-6H2,1-2H3/t9-,11-,12+,13-/m1/s1. The molecule has 0 aromatic rings. The maximum absolute atomic E-state index is 11.2. The summed E-state index contributed by atoms with van der Waals surface area (Å²) in [4.78, 5) is 32.5. The van der Waals surface area contributed by atoms with E-state index in [1.165, 1.54) is 13.8 Å². The van der Waals surface area contributed by atoms with Crippen LogP contribution in [0.5, 0.6) is 0 Å². The van der Waals surface area contributed by atoms with Crippen molar-refractivity contribution in [1.82, 2.24) is 0 Å². The van der Waals surface area contributed by atoms with E-state index in [0.29, 0.717) is 13.0 Å². The van der Waals surface area contributed by atoms with E-state index < -0.39 is 35.2 Å². The van der Waals surface area contributed by atoms with Crippen molar-refractivity contribution in [2.45, 2.75) is 38.6 Å². The first-order valence-corrected chi connectivity index (χ1v) is 6.66. The van der Waals surface area contributed by atoms with Crippen molar-refractivity contribution in [2.24, 2.45) is 5.92 Å². The molecule has 1 heterocycles. The molecule has 8 nitrogen and oxygen atoms in total. The van der Waals surface area contributed by atoms with Crippen molar-refractivity contribution >= 4 is 11.9 Å². The van der Waals surface area contributed by atoms with Gasteiger partial charge >= 0.3 is 11.9 Å². The molecule has 1 saturated heterocycles. The Labute approximate surface area is 121 Å². The van der Waals surface area contributed by atoms with Crippen LogP contribution < -0.4 is 0 Å². The summed E-state index contributed by atoms with van der Waals surface area (Å²) in [5, 5.41) is 10.6. The van der Waals surface area contributed by atoms with Crippen LogP contribution in [0, 0.1) is 16.0 Å². The third-order valence-corrected chi connectivity index (χ3v) is 3.52. The fourth-order valence-electron chi connectivity index (χ4n) is 2.77. The summed E-state index contributed by atoms with van der Waals surface area (Å²) in [7, 11) is 0. The van der Waals surface area contributed by atoms with Crippen molar-refractivity contribution < 1.29 is 28.7 Å². The Hall–Kier alpha value is -1.96. The number of hydrogen-bond acceptors (Lipinski definition) is 7. The molecule has 0 bridgehead atoms. The predicted octanol–water partition coefficient (Wildman–Crippen LogP) is 0.472. The van der Waals surface area contributed by atoms with E-state index in [1.807, 2.05) is 0 Å². The second-order valence-electron chi connectivity index (χ2n) is 5.16. The van der Waals surface area contributed by atoms with Crippen LogP contribution in [0.4, 0.5) is 0 Å². The van der Waals surface area contributed by atoms with E-state index in [0.717, 1.165) is 5.57 Å². The lowest BCUT2D eigenvalue weighted by molar-refractivity contribution is -0.488. The van der Waals surface area contributed by atoms with E-state index in [-0.39, 0.29) is 12.5 Å². The van der Waals surface area contributed by atoms with Gasteiger partial charge in [-0.15, -0.1) is 0 Å². The number of ether oxygens (including phenoxy) is 3. The van der Waals surface area contributed by atoms with Crippen LogP contribution in [0.2, 0.25) is 0 Å². The van der Waals surface area contributed by atoms with Crippen LogP contribution >= 0.6 is 0 Å². The van der Waals surface area contributed by atoms with Gasteiger partial charge in [-0.3, -0.25) is 19.7 Å². The first-order valence-electron chi connectivity index (χ1n) is 6.66. The molecule has 2 rings (SSSR count). The van der Waals surface area contributed by atoms with Crippen molar-refractivity contribution in [2.75, 3.05) is 13.2 Å². The zero-order chi connectivity index (χ0) is 15.6. The predicted molar refractivity (Wildman–Crippen MR) is 68.9 cm³/mol. The molecule has 0 aromatic carbocycles. The number of nitro groups is 1. The molecule has 4 atom stereocenters. The van der Waals surface area contributed by atoms with Crippen LogP contribution in [0.15, 0.2) is 11.6 Å². The maximum Gasteiger partial charge on any atom is 0.303 e. The lowest BCUT2D eigenvalue weighted by atomic mass is 9.84. The van der Waals surface area contributed by atoms with Crippen molar-refractivity contribution in [3.05, 3.63) is 21.8 Å².